The van der Waals surface area contributed by atoms with E-state index in [-0.39, 0.29) is 19.8 Å². The Bertz CT molecular complexity index is 875. The fourth-order valence-electron chi connectivity index (χ4n) is 3.22. The molecule has 30 heavy (non-hydrogen) atoms. The molecule has 1 aliphatic heterocycles. The molecule has 2 aromatic carbocycles. The number of cyclic esters (lactones) is 1. The molecule has 3 atom stereocenters. The summed E-state index contributed by atoms with van der Waals surface area (Å²) in [5, 5.41) is 9.80. The highest BCUT2D eigenvalue weighted by molar-refractivity contribution is 5.84. The van der Waals surface area contributed by atoms with Crippen molar-refractivity contribution in [2.75, 3.05) is 6.61 Å². The second kappa shape index (κ2) is 9.75. The minimum Gasteiger partial charge on any atom is -0.480 e. The molecule has 158 valence electrons. The fourth-order valence-corrected chi connectivity index (χ4v) is 3.22. The maximum atomic E-state index is 12.5. The summed E-state index contributed by atoms with van der Waals surface area (Å²) in [6, 6.07) is 16.8. The second-order valence-corrected chi connectivity index (χ2v) is 6.71. The van der Waals surface area contributed by atoms with Gasteiger partial charge in [0, 0.05) is 0 Å². The lowest BCUT2D eigenvalue weighted by atomic mass is 10.0. The summed E-state index contributed by atoms with van der Waals surface area (Å²) in [5.74, 6) is -1.26. The van der Waals surface area contributed by atoms with Crippen molar-refractivity contribution in [2.24, 2.45) is 5.73 Å². The number of carboxylic acid groups (broad SMARTS) is 1. The second-order valence-electron chi connectivity index (χ2n) is 6.71. The van der Waals surface area contributed by atoms with Crippen molar-refractivity contribution in [3.05, 3.63) is 71.8 Å². The van der Waals surface area contributed by atoms with Gasteiger partial charge in [0.15, 0.2) is 12.1 Å². The van der Waals surface area contributed by atoms with E-state index in [2.05, 4.69) is 0 Å². The molecule has 9 nitrogen and oxygen atoms in total. The quantitative estimate of drug-likeness (QED) is 0.643. The van der Waals surface area contributed by atoms with Gasteiger partial charge in [-0.2, -0.15) is 0 Å². The Hall–Kier alpha value is -3.59. The smallest absolute Gasteiger partial charge is 0.411 e. The molecule has 0 saturated carbocycles. The number of nitrogens with zero attached hydrogens (tertiary/aromatic N) is 1. The molecule has 0 spiro atoms. The zero-order chi connectivity index (χ0) is 21.5. The first-order valence-corrected chi connectivity index (χ1v) is 9.27. The molecule has 0 unspecified atom stereocenters. The molecule has 0 aromatic heterocycles. The minimum absolute atomic E-state index is 0.0508. The SMILES string of the molecule is NC(=O)OC[C@H](OCc1ccccc1)[C@H]1OC(=O)N(Cc2ccccc2)[C@@H]1C(=O)O. The number of carboxylic acids is 1. The van der Waals surface area contributed by atoms with Gasteiger partial charge in [-0.1, -0.05) is 60.7 Å². The lowest BCUT2D eigenvalue weighted by Crippen LogP contribution is -2.49. The highest BCUT2D eigenvalue weighted by atomic mass is 16.6. The van der Waals surface area contributed by atoms with Crippen LogP contribution in [0.3, 0.4) is 0 Å². The predicted molar refractivity (Wildman–Crippen MR) is 104 cm³/mol. The maximum Gasteiger partial charge on any atom is 0.411 e. The van der Waals surface area contributed by atoms with E-state index in [1.54, 1.807) is 24.3 Å². The first-order chi connectivity index (χ1) is 14.5. The molecular weight excluding hydrogens is 392 g/mol. The highest BCUT2D eigenvalue weighted by Gasteiger charge is 2.50. The Morgan fingerprint density at radius 2 is 1.67 bits per heavy atom. The summed E-state index contributed by atoms with van der Waals surface area (Å²) >= 11 is 0. The van der Waals surface area contributed by atoms with Crippen LogP contribution in [0.5, 0.6) is 0 Å². The van der Waals surface area contributed by atoms with Gasteiger partial charge < -0.3 is 25.1 Å². The average molecular weight is 414 g/mol. The van der Waals surface area contributed by atoms with Gasteiger partial charge in [-0.05, 0) is 11.1 Å². The van der Waals surface area contributed by atoms with Crippen molar-refractivity contribution in [1.82, 2.24) is 4.90 Å². The molecule has 1 heterocycles. The summed E-state index contributed by atoms with van der Waals surface area (Å²) in [7, 11) is 0. The number of primary amides is 1. The summed E-state index contributed by atoms with van der Waals surface area (Å²) in [4.78, 5) is 36.7. The molecule has 0 aliphatic carbocycles. The Kier molecular flexibility index (Phi) is 6.87. The van der Waals surface area contributed by atoms with Crippen LogP contribution in [0.4, 0.5) is 9.59 Å². The number of rotatable bonds is 9. The summed E-state index contributed by atoms with van der Waals surface area (Å²) < 4.78 is 16.0. The number of amides is 2. The lowest BCUT2D eigenvalue weighted by Gasteiger charge is -2.26. The van der Waals surface area contributed by atoms with Crippen LogP contribution in [-0.4, -0.2) is 53.0 Å². The number of carbonyl (C=O) groups excluding carboxylic acids is 2. The summed E-state index contributed by atoms with van der Waals surface area (Å²) in [6.07, 6.45) is -4.05. The zero-order valence-corrected chi connectivity index (χ0v) is 16.0. The number of carbonyl (C=O) groups is 3. The van der Waals surface area contributed by atoms with Crippen LogP contribution in [0.25, 0.3) is 0 Å². The van der Waals surface area contributed by atoms with Gasteiger partial charge in [0.1, 0.15) is 12.7 Å². The third-order valence-corrected chi connectivity index (χ3v) is 4.63. The minimum atomic E-state index is -1.32. The number of aliphatic carboxylic acids is 1. The molecule has 1 aliphatic rings. The van der Waals surface area contributed by atoms with E-state index in [4.69, 9.17) is 19.9 Å². The molecule has 9 heteroatoms. The van der Waals surface area contributed by atoms with Crippen LogP contribution in [0.2, 0.25) is 0 Å². The normalized spacial score (nSPS) is 19.2. The first kappa shape index (κ1) is 21.1. The number of hydrogen-bond acceptors (Lipinski definition) is 6. The Morgan fingerprint density at radius 3 is 2.23 bits per heavy atom. The Labute approximate surface area is 172 Å². The average Bonchev–Trinajstić information content (AvgIpc) is 3.05. The molecule has 3 N–H and O–H groups in total. The van der Waals surface area contributed by atoms with Gasteiger partial charge in [-0.3, -0.25) is 4.90 Å². The highest BCUT2D eigenvalue weighted by Crippen LogP contribution is 2.27. The van der Waals surface area contributed by atoms with Gasteiger partial charge in [-0.15, -0.1) is 0 Å². The van der Waals surface area contributed by atoms with Crippen molar-refractivity contribution in [3.8, 4) is 0 Å². The molecule has 1 fully saturated rings. The summed E-state index contributed by atoms with van der Waals surface area (Å²) in [5.41, 5.74) is 6.61. The van der Waals surface area contributed by atoms with Crippen LogP contribution in [0, 0.1) is 0 Å². The van der Waals surface area contributed by atoms with Crippen LogP contribution in [0.15, 0.2) is 60.7 Å². The molecule has 3 rings (SSSR count). The van der Waals surface area contributed by atoms with Crippen molar-refractivity contribution < 1.29 is 33.7 Å². The van der Waals surface area contributed by atoms with Crippen molar-refractivity contribution in [2.45, 2.75) is 31.4 Å². The third-order valence-electron chi connectivity index (χ3n) is 4.63. The zero-order valence-electron chi connectivity index (χ0n) is 16.0. The van der Waals surface area contributed by atoms with E-state index >= 15 is 0 Å². The molecular formula is C21H22N2O7. The largest absolute Gasteiger partial charge is 0.480 e. The Morgan fingerprint density at radius 1 is 1.07 bits per heavy atom. The number of hydrogen-bond donors (Lipinski definition) is 2. The molecule has 0 bridgehead atoms. The molecule has 2 amide bonds. The first-order valence-electron chi connectivity index (χ1n) is 9.27. The van der Waals surface area contributed by atoms with Crippen LogP contribution < -0.4 is 5.73 Å². The number of nitrogens with two attached hydrogens (primary N) is 1. The van der Waals surface area contributed by atoms with E-state index in [0.717, 1.165) is 16.0 Å². The molecule has 1 saturated heterocycles. The number of benzene rings is 2. The molecule has 0 radical (unpaired) electrons. The van der Waals surface area contributed by atoms with Gasteiger partial charge >= 0.3 is 18.2 Å². The van der Waals surface area contributed by atoms with E-state index < -0.39 is 36.4 Å². The Balaban J connectivity index is 1.79. The van der Waals surface area contributed by atoms with Crippen LogP contribution >= 0.6 is 0 Å². The van der Waals surface area contributed by atoms with Crippen LogP contribution in [-0.2, 0) is 32.2 Å². The van der Waals surface area contributed by atoms with E-state index in [1.807, 2.05) is 36.4 Å². The summed E-state index contributed by atoms with van der Waals surface area (Å²) in [6.45, 7) is -0.203. The van der Waals surface area contributed by atoms with Crippen molar-refractivity contribution in [1.29, 1.82) is 0 Å². The maximum absolute atomic E-state index is 12.5. The topological polar surface area (TPSA) is 128 Å². The predicted octanol–water partition coefficient (Wildman–Crippen LogP) is 2.14. The fraction of sp³-hybridized carbons (Fsp3) is 0.286. The van der Waals surface area contributed by atoms with Crippen LogP contribution in [0.1, 0.15) is 11.1 Å². The van der Waals surface area contributed by atoms with Crippen molar-refractivity contribution in [3.63, 3.8) is 0 Å². The van der Waals surface area contributed by atoms with E-state index in [1.165, 1.54) is 0 Å². The van der Waals surface area contributed by atoms with Gasteiger partial charge in [0.25, 0.3) is 0 Å². The van der Waals surface area contributed by atoms with Gasteiger partial charge in [0.2, 0.25) is 0 Å². The van der Waals surface area contributed by atoms with E-state index in [0.29, 0.717) is 0 Å². The van der Waals surface area contributed by atoms with E-state index in [9.17, 15) is 19.5 Å². The monoisotopic (exact) mass is 414 g/mol. The molecule has 2 aromatic rings. The third kappa shape index (κ3) is 5.26. The van der Waals surface area contributed by atoms with Gasteiger partial charge in [0.05, 0.1) is 13.2 Å². The lowest BCUT2D eigenvalue weighted by molar-refractivity contribution is -0.147. The standard InChI is InChI=1S/C21H22N2O7/c22-20(26)29-13-16(28-12-15-9-5-2-6-10-15)18-17(19(24)25)23(21(27)30-18)11-14-7-3-1-4-8-14/h1-10,16-18H,11-13H2,(H2,22,26)(H,24,25)/t16-,17-,18+/m0/s1. The van der Waals surface area contributed by atoms with Gasteiger partial charge in [-0.25, -0.2) is 14.4 Å². The number of ether oxygens (including phenoxy) is 3. The van der Waals surface area contributed by atoms with Crippen molar-refractivity contribution >= 4 is 18.2 Å².